The number of aryl methyl sites for hydroxylation is 4. The van der Waals surface area contributed by atoms with Crippen molar-refractivity contribution < 1.29 is 23.7 Å². The van der Waals surface area contributed by atoms with Crippen molar-refractivity contribution in [2.24, 2.45) is 0 Å². The molecule has 0 heterocycles. The van der Waals surface area contributed by atoms with Gasteiger partial charge < -0.3 is 25.8 Å². The molecular formula is C40H39N4O5P. The standard InChI is InChI=1S/C40H39N4O5P/c1-24-22-26(3)35(43-39(47)41-30-16-10-7-11-17-30)28(5)33(24)37(45)50(49,32-20-14-9-15-21-32)38(46)34-25(2)23-27(4)36(29(34)6)44-40(48)42-31-18-12-8-13-19-31/h7-23H,1-6H3,(H2,41,43,47)(H2,42,44,48). The summed E-state index contributed by atoms with van der Waals surface area (Å²) in [5.74, 6) is 0. The monoisotopic (exact) mass is 686 g/mol. The van der Waals surface area contributed by atoms with Crippen molar-refractivity contribution in [3.8, 4) is 0 Å². The Morgan fingerprint density at radius 3 is 1.16 bits per heavy atom. The van der Waals surface area contributed by atoms with E-state index in [1.807, 2.05) is 12.1 Å². The van der Waals surface area contributed by atoms with Gasteiger partial charge in [0.1, 0.15) is 0 Å². The van der Waals surface area contributed by atoms with Gasteiger partial charge in [-0.25, -0.2) is 9.59 Å². The van der Waals surface area contributed by atoms with Gasteiger partial charge in [0.25, 0.3) is 0 Å². The molecule has 5 aromatic rings. The first-order valence-electron chi connectivity index (χ1n) is 16.1. The predicted molar refractivity (Wildman–Crippen MR) is 202 cm³/mol. The Bertz CT molecular complexity index is 2030. The number of rotatable bonds is 9. The van der Waals surface area contributed by atoms with Crippen molar-refractivity contribution in [2.45, 2.75) is 41.5 Å². The number of urea groups is 2. The zero-order valence-electron chi connectivity index (χ0n) is 28.8. The quantitative estimate of drug-likeness (QED) is 0.115. The molecule has 0 fully saturated rings. The second kappa shape index (κ2) is 14.8. The molecule has 4 amide bonds. The summed E-state index contributed by atoms with van der Waals surface area (Å²) in [4.78, 5) is 55.7. The maximum Gasteiger partial charge on any atom is 0.323 e. The number of carbonyl (C=O) groups is 4. The van der Waals surface area contributed by atoms with Gasteiger partial charge in [-0.2, -0.15) is 0 Å². The van der Waals surface area contributed by atoms with Crippen molar-refractivity contribution in [3.05, 3.63) is 148 Å². The third-order valence-electron chi connectivity index (χ3n) is 8.60. The molecule has 0 aliphatic heterocycles. The van der Waals surface area contributed by atoms with E-state index in [1.54, 1.807) is 120 Å². The molecule has 10 heteroatoms. The van der Waals surface area contributed by atoms with Crippen LogP contribution >= 0.6 is 7.14 Å². The number of anilines is 4. The molecule has 0 saturated carbocycles. The molecule has 0 saturated heterocycles. The number of hydrogen-bond donors (Lipinski definition) is 4. The van der Waals surface area contributed by atoms with Gasteiger partial charge in [-0.1, -0.05) is 78.9 Å². The minimum absolute atomic E-state index is 0.0846. The Labute approximate surface area is 291 Å². The molecule has 0 bridgehead atoms. The van der Waals surface area contributed by atoms with E-state index >= 15 is 4.57 Å². The molecule has 50 heavy (non-hydrogen) atoms. The van der Waals surface area contributed by atoms with E-state index in [2.05, 4.69) is 21.3 Å². The minimum Gasteiger partial charge on any atom is -0.308 e. The van der Waals surface area contributed by atoms with Crippen LogP contribution in [0.1, 0.15) is 54.1 Å². The Morgan fingerprint density at radius 2 is 0.800 bits per heavy atom. The van der Waals surface area contributed by atoms with E-state index in [0.717, 1.165) is 0 Å². The number of benzene rings is 5. The highest BCUT2D eigenvalue weighted by atomic mass is 31.2. The second-order valence-corrected chi connectivity index (χ2v) is 14.8. The molecule has 254 valence electrons. The Balaban J connectivity index is 1.58. The lowest BCUT2D eigenvalue weighted by Gasteiger charge is -2.24. The molecule has 9 nitrogen and oxygen atoms in total. The first-order chi connectivity index (χ1) is 23.8. The number of carbonyl (C=O) groups excluding carboxylic acids is 4. The average Bonchev–Trinajstić information content (AvgIpc) is 3.09. The number of amides is 4. The fraction of sp³-hybridized carbons (Fsp3) is 0.150. The van der Waals surface area contributed by atoms with Crippen molar-refractivity contribution in [3.63, 3.8) is 0 Å². The third kappa shape index (κ3) is 7.14. The molecule has 0 atom stereocenters. The lowest BCUT2D eigenvalue weighted by Crippen LogP contribution is -2.25. The van der Waals surface area contributed by atoms with Crippen LogP contribution in [-0.4, -0.2) is 23.1 Å². The second-order valence-electron chi connectivity index (χ2n) is 12.2. The zero-order valence-corrected chi connectivity index (χ0v) is 29.7. The van der Waals surface area contributed by atoms with Gasteiger partial charge in [0.05, 0.1) is 0 Å². The predicted octanol–water partition coefficient (Wildman–Crippen LogP) is 9.49. The molecule has 0 aromatic heterocycles. The van der Waals surface area contributed by atoms with Crippen molar-refractivity contribution >= 4 is 58.3 Å². The van der Waals surface area contributed by atoms with Gasteiger partial charge in [-0.15, -0.1) is 0 Å². The van der Waals surface area contributed by atoms with Gasteiger partial charge in [0.15, 0.2) is 0 Å². The minimum atomic E-state index is -4.59. The highest BCUT2D eigenvalue weighted by Crippen LogP contribution is 2.53. The largest absolute Gasteiger partial charge is 0.323 e. The van der Waals surface area contributed by atoms with E-state index in [9.17, 15) is 19.2 Å². The summed E-state index contributed by atoms with van der Waals surface area (Å²) in [6, 6.07) is 28.3. The molecule has 4 N–H and O–H groups in total. The van der Waals surface area contributed by atoms with Crippen molar-refractivity contribution in [1.82, 2.24) is 0 Å². The summed E-state index contributed by atoms with van der Waals surface area (Å²) in [6.07, 6.45) is 0. The van der Waals surface area contributed by atoms with Gasteiger partial charge in [0, 0.05) is 39.2 Å². The molecule has 0 aliphatic carbocycles. The van der Waals surface area contributed by atoms with Gasteiger partial charge >= 0.3 is 12.1 Å². The molecule has 0 spiro atoms. The molecule has 5 rings (SSSR count). The van der Waals surface area contributed by atoms with E-state index < -0.39 is 30.3 Å². The maximum atomic E-state index is 15.4. The summed E-state index contributed by atoms with van der Waals surface area (Å²) in [5.41, 5.74) is 3.59. The maximum absolute atomic E-state index is 15.4. The van der Waals surface area contributed by atoms with Crippen molar-refractivity contribution in [1.29, 1.82) is 0 Å². The summed E-state index contributed by atoms with van der Waals surface area (Å²) in [5, 5.41) is 11.3. The first-order valence-corrected chi connectivity index (χ1v) is 17.8. The molecule has 0 aliphatic rings. The molecule has 0 radical (unpaired) electrons. The Morgan fingerprint density at radius 1 is 0.460 bits per heavy atom. The van der Waals surface area contributed by atoms with Crippen LogP contribution in [0.25, 0.3) is 0 Å². The molecule has 5 aromatic carbocycles. The normalized spacial score (nSPS) is 11.0. The highest BCUT2D eigenvalue weighted by molar-refractivity contribution is 8.01. The highest BCUT2D eigenvalue weighted by Gasteiger charge is 2.45. The topological polar surface area (TPSA) is 133 Å². The molecule has 0 unspecified atom stereocenters. The third-order valence-corrected chi connectivity index (χ3v) is 11.2. The lowest BCUT2D eigenvalue weighted by atomic mass is 9.97. The number of para-hydroxylation sites is 2. The van der Waals surface area contributed by atoms with Crippen LogP contribution in [0.4, 0.5) is 32.3 Å². The number of hydrogen-bond acceptors (Lipinski definition) is 5. The van der Waals surface area contributed by atoms with Crippen LogP contribution in [-0.2, 0) is 4.57 Å². The summed E-state index contributed by atoms with van der Waals surface area (Å²) < 4.78 is 15.4. The van der Waals surface area contributed by atoms with Crippen molar-refractivity contribution in [2.75, 3.05) is 21.3 Å². The van der Waals surface area contributed by atoms with Crippen LogP contribution < -0.4 is 26.6 Å². The Kier molecular flexibility index (Phi) is 10.5. The van der Waals surface area contributed by atoms with Gasteiger partial charge in [-0.05, 0) is 99.2 Å². The van der Waals surface area contributed by atoms with Crippen LogP contribution in [0.2, 0.25) is 0 Å². The van der Waals surface area contributed by atoms with E-state index in [-0.39, 0.29) is 16.4 Å². The fourth-order valence-electron chi connectivity index (χ4n) is 6.29. The van der Waals surface area contributed by atoms with Crippen LogP contribution in [0.15, 0.2) is 103 Å². The average molecular weight is 687 g/mol. The lowest BCUT2D eigenvalue weighted by molar-refractivity contribution is 0.104. The molecular weight excluding hydrogens is 647 g/mol. The summed E-state index contributed by atoms with van der Waals surface area (Å²) in [6.45, 7) is 10.4. The fourth-order valence-corrected chi connectivity index (χ4v) is 8.85. The first kappa shape index (κ1) is 35.5. The van der Waals surface area contributed by atoms with Crippen LogP contribution in [0.5, 0.6) is 0 Å². The van der Waals surface area contributed by atoms with E-state index in [1.165, 1.54) is 12.1 Å². The number of nitrogens with one attached hydrogen (secondary N) is 4. The van der Waals surface area contributed by atoms with Crippen LogP contribution in [0.3, 0.4) is 0 Å². The summed E-state index contributed by atoms with van der Waals surface area (Å²) in [7, 11) is -4.59. The van der Waals surface area contributed by atoms with Gasteiger partial charge in [-0.3, -0.25) is 9.59 Å². The van der Waals surface area contributed by atoms with E-state index in [0.29, 0.717) is 56.1 Å². The van der Waals surface area contributed by atoms with Gasteiger partial charge in [0.2, 0.25) is 18.2 Å². The Hall–Kier alpha value is -5.79. The van der Waals surface area contributed by atoms with E-state index in [4.69, 9.17) is 0 Å². The van der Waals surface area contributed by atoms with Crippen LogP contribution in [0, 0.1) is 41.5 Å². The smallest absolute Gasteiger partial charge is 0.308 e. The SMILES string of the molecule is Cc1cc(C)c(C(=O)P(=O)(C(=O)c2c(C)cc(C)c(NC(=O)Nc3ccccc3)c2C)c2ccccc2)c(C)c1NC(=O)Nc1ccccc1. The summed E-state index contributed by atoms with van der Waals surface area (Å²) >= 11 is 0. The zero-order chi connectivity index (χ0) is 36.2.